The third-order valence-electron chi connectivity index (χ3n) is 2.98. The summed E-state index contributed by atoms with van der Waals surface area (Å²) in [5.74, 6) is 0.478. The molecule has 2 aromatic heterocycles. The van der Waals surface area contributed by atoms with Gasteiger partial charge in [-0.15, -0.1) is 11.3 Å². The van der Waals surface area contributed by atoms with Crippen LogP contribution in [0.5, 0.6) is 0 Å². The van der Waals surface area contributed by atoms with E-state index in [0.29, 0.717) is 17.9 Å². The van der Waals surface area contributed by atoms with Gasteiger partial charge in [0.1, 0.15) is 5.82 Å². The van der Waals surface area contributed by atoms with E-state index in [-0.39, 0.29) is 11.9 Å². The van der Waals surface area contributed by atoms with E-state index in [4.69, 9.17) is 0 Å². The van der Waals surface area contributed by atoms with Gasteiger partial charge < -0.3 is 10.6 Å². The maximum atomic E-state index is 12.5. The molecule has 1 amide bonds. The fourth-order valence-electron chi connectivity index (χ4n) is 1.95. The number of halogens is 1. The van der Waals surface area contributed by atoms with E-state index >= 15 is 0 Å². The number of nitrogens with one attached hydrogen (secondary N) is 2. The van der Waals surface area contributed by atoms with E-state index in [1.54, 1.807) is 23.6 Å². The van der Waals surface area contributed by atoms with Crippen LogP contribution in [0.3, 0.4) is 0 Å². The summed E-state index contributed by atoms with van der Waals surface area (Å²) in [5, 5.41) is 6.13. The van der Waals surface area contributed by atoms with E-state index in [1.807, 2.05) is 13.8 Å². The van der Waals surface area contributed by atoms with Gasteiger partial charge in [-0.25, -0.2) is 4.98 Å². The van der Waals surface area contributed by atoms with E-state index in [1.165, 1.54) is 4.88 Å². The van der Waals surface area contributed by atoms with Crippen LogP contribution in [-0.4, -0.2) is 17.4 Å². The molecule has 21 heavy (non-hydrogen) atoms. The highest BCUT2D eigenvalue weighted by Crippen LogP contribution is 2.24. The van der Waals surface area contributed by atoms with Gasteiger partial charge in [0.05, 0.1) is 11.6 Å². The van der Waals surface area contributed by atoms with Crippen molar-refractivity contribution in [2.45, 2.75) is 26.8 Å². The normalized spacial score (nSPS) is 12.0. The number of rotatable bonds is 5. The Balaban J connectivity index is 2.18. The minimum Gasteiger partial charge on any atom is -0.370 e. The monoisotopic (exact) mass is 367 g/mol. The van der Waals surface area contributed by atoms with Crippen molar-refractivity contribution >= 4 is 39.0 Å². The van der Waals surface area contributed by atoms with Crippen LogP contribution < -0.4 is 10.6 Å². The zero-order valence-corrected chi connectivity index (χ0v) is 14.6. The number of aryl methyl sites for hydroxylation is 1. The molecule has 2 heterocycles. The Hall–Kier alpha value is -1.40. The number of anilines is 1. The van der Waals surface area contributed by atoms with E-state index < -0.39 is 0 Å². The molecular formula is C15H18BrN3OS. The Morgan fingerprint density at radius 2 is 2.24 bits per heavy atom. The number of thiophene rings is 1. The van der Waals surface area contributed by atoms with Crippen molar-refractivity contribution in [1.82, 2.24) is 10.3 Å². The van der Waals surface area contributed by atoms with Crippen molar-refractivity contribution in [1.29, 1.82) is 0 Å². The highest BCUT2D eigenvalue weighted by Gasteiger charge is 2.17. The van der Waals surface area contributed by atoms with Crippen LogP contribution in [-0.2, 0) is 0 Å². The first-order chi connectivity index (χ1) is 10.0. The zero-order valence-electron chi connectivity index (χ0n) is 12.2. The van der Waals surface area contributed by atoms with Crippen LogP contribution >= 0.6 is 27.3 Å². The van der Waals surface area contributed by atoms with E-state index in [9.17, 15) is 4.79 Å². The first kappa shape index (κ1) is 16.0. The molecule has 0 fully saturated rings. The number of carbonyl (C=O) groups excluding carboxylic acids is 1. The summed E-state index contributed by atoms with van der Waals surface area (Å²) in [7, 11) is 0. The number of hydrogen-bond donors (Lipinski definition) is 2. The number of carbonyl (C=O) groups is 1. The Bertz CT molecular complexity index is 642. The Kier molecular flexibility index (Phi) is 5.36. The third kappa shape index (κ3) is 4.04. The van der Waals surface area contributed by atoms with Crippen LogP contribution in [0.15, 0.2) is 28.9 Å². The van der Waals surface area contributed by atoms with Crippen molar-refractivity contribution in [3.05, 3.63) is 44.2 Å². The second-order valence-electron chi connectivity index (χ2n) is 4.72. The topological polar surface area (TPSA) is 54.0 Å². The first-order valence-electron chi connectivity index (χ1n) is 6.78. The van der Waals surface area contributed by atoms with Gasteiger partial charge in [-0.2, -0.15) is 0 Å². The summed E-state index contributed by atoms with van der Waals surface area (Å²) in [6.07, 6.45) is 1.68. The lowest BCUT2D eigenvalue weighted by Gasteiger charge is -2.14. The number of nitrogens with zero attached hydrogens (tertiary/aromatic N) is 1. The first-order valence-corrected chi connectivity index (χ1v) is 8.38. The fourth-order valence-corrected chi connectivity index (χ4v) is 3.16. The van der Waals surface area contributed by atoms with Gasteiger partial charge in [-0.3, -0.25) is 4.79 Å². The molecule has 0 aromatic carbocycles. The lowest BCUT2D eigenvalue weighted by atomic mass is 10.2. The van der Waals surface area contributed by atoms with Gasteiger partial charge in [-0.1, -0.05) is 0 Å². The Labute approximate surface area is 137 Å². The molecule has 0 saturated heterocycles. The third-order valence-corrected chi connectivity index (χ3v) is 4.60. The molecule has 1 atom stereocenters. The molecule has 4 nitrogen and oxygen atoms in total. The maximum absolute atomic E-state index is 12.5. The van der Waals surface area contributed by atoms with Gasteiger partial charge >= 0.3 is 0 Å². The predicted octanol–water partition coefficient (Wildman–Crippen LogP) is 4.14. The molecule has 0 aliphatic carbocycles. The molecule has 0 saturated carbocycles. The zero-order chi connectivity index (χ0) is 15.4. The van der Waals surface area contributed by atoms with Gasteiger partial charge in [0.25, 0.3) is 5.91 Å². The van der Waals surface area contributed by atoms with Crippen LogP contribution in [0.4, 0.5) is 5.82 Å². The second-order valence-corrected chi connectivity index (χ2v) is 6.96. The van der Waals surface area contributed by atoms with Crippen molar-refractivity contribution in [3.63, 3.8) is 0 Å². The molecule has 2 N–H and O–H groups in total. The minimum absolute atomic E-state index is 0.0235. The van der Waals surface area contributed by atoms with Crippen LogP contribution in [0.2, 0.25) is 0 Å². The molecule has 0 bridgehead atoms. The van der Waals surface area contributed by atoms with Crippen LogP contribution in [0, 0.1) is 6.92 Å². The standard InChI is InChI=1S/C15H18BrN3OS/c1-4-17-14-12(7-11(16)8-18-14)15(20)19-10(3)13-6-5-9(2)21-13/h5-8,10H,4H2,1-3H3,(H,17,18)(H,19,20). The predicted molar refractivity (Wildman–Crippen MR) is 91.0 cm³/mol. The molecule has 2 aromatic rings. The largest absolute Gasteiger partial charge is 0.370 e. The molecule has 0 radical (unpaired) electrons. The highest BCUT2D eigenvalue weighted by atomic mass is 79.9. The van der Waals surface area contributed by atoms with E-state index in [0.717, 1.165) is 9.35 Å². The number of aromatic nitrogens is 1. The second kappa shape index (κ2) is 7.04. The Morgan fingerprint density at radius 1 is 1.48 bits per heavy atom. The average Bonchev–Trinajstić information content (AvgIpc) is 2.87. The quantitative estimate of drug-likeness (QED) is 0.834. The summed E-state index contributed by atoms with van der Waals surface area (Å²) in [4.78, 5) is 19.1. The number of pyridine rings is 1. The Morgan fingerprint density at radius 3 is 2.86 bits per heavy atom. The number of amides is 1. The van der Waals surface area contributed by atoms with Crippen molar-refractivity contribution in [2.24, 2.45) is 0 Å². The lowest BCUT2D eigenvalue weighted by Crippen LogP contribution is -2.27. The maximum Gasteiger partial charge on any atom is 0.255 e. The molecule has 112 valence electrons. The van der Waals surface area contributed by atoms with Crippen LogP contribution in [0.1, 0.15) is 40.0 Å². The van der Waals surface area contributed by atoms with Crippen molar-refractivity contribution < 1.29 is 4.79 Å². The smallest absolute Gasteiger partial charge is 0.255 e. The SMILES string of the molecule is CCNc1ncc(Br)cc1C(=O)NC(C)c1ccc(C)s1. The summed E-state index contributed by atoms with van der Waals surface area (Å²) >= 11 is 5.06. The van der Waals surface area contributed by atoms with Gasteiger partial charge in [0.2, 0.25) is 0 Å². The molecular weight excluding hydrogens is 350 g/mol. The summed E-state index contributed by atoms with van der Waals surface area (Å²) in [6, 6.07) is 5.87. The molecule has 0 aliphatic rings. The van der Waals surface area contributed by atoms with Gasteiger partial charge in [0.15, 0.2) is 0 Å². The summed E-state index contributed by atoms with van der Waals surface area (Å²) < 4.78 is 0.786. The van der Waals surface area contributed by atoms with Crippen LogP contribution in [0.25, 0.3) is 0 Å². The van der Waals surface area contributed by atoms with E-state index in [2.05, 4.69) is 50.6 Å². The van der Waals surface area contributed by atoms with Gasteiger partial charge in [0, 0.05) is 27.0 Å². The van der Waals surface area contributed by atoms with Gasteiger partial charge in [-0.05, 0) is 54.9 Å². The highest BCUT2D eigenvalue weighted by molar-refractivity contribution is 9.10. The summed E-state index contributed by atoms with van der Waals surface area (Å²) in [5.41, 5.74) is 0.548. The molecule has 1 unspecified atom stereocenters. The minimum atomic E-state index is -0.127. The fraction of sp³-hybridized carbons (Fsp3) is 0.333. The lowest BCUT2D eigenvalue weighted by molar-refractivity contribution is 0.0941. The molecule has 0 aliphatic heterocycles. The van der Waals surface area contributed by atoms with Crippen molar-refractivity contribution in [2.75, 3.05) is 11.9 Å². The molecule has 0 spiro atoms. The average molecular weight is 368 g/mol. The number of hydrogen-bond acceptors (Lipinski definition) is 4. The summed E-state index contributed by atoms with van der Waals surface area (Å²) in [6.45, 7) is 6.74. The van der Waals surface area contributed by atoms with Crippen molar-refractivity contribution in [3.8, 4) is 0 Å². The molecule has 2 rings (SSSR count). The molecule has 6 heteroatoms.